The number of hydrogen-bond donors (Lipinski definition) is 2. The fraction of sp³-hybridized carbons (Fsp3) is 0.600. The third-order valence-electron chi connectivity index (χ3n) is 3.33. The van der Waals surface area contributed by atoms with Crippen molar-refractivity contribution in [2.45, 2.75) is 40.0 Å². The molecule has 1 rings (SSSR count). The summed E-state index contributed by atoms with van der Waals surface area (Å²) in [6, 6.07) is 6.42. The second-order valence-electron chi connectivity index (χ2n) is 5.03. The Morgan fingerprint density at radius 3 is 2.53 bits per heavy atom. The summed E-state index contributed by atoms with van der Waals surface area (Å²) in [6.07, 6.45) is 1.01. The molecule has 0 heterocycles. The lowest BCUT2D eigenvalue weighted by molar-refractivity contribution is 0.230. The third kappa shape index (κ3) is 3.74. The molecule has 0 aliphatic carbocycles. The van der Waals surface area contributed by atoms with Crippen molar-refractivity contribution >= 4 is 5.69 Å². The van der Waals surface area contributed by atoms with Crippen LogP contribution in [0.3, 0.4) is 0 Å². The number of anilines is 1. The zero-order valence-corrected chi connectivity index (χ0v) is 11.5. The molecular formula is C15H25NO. The maximum Gasteiger partial charge on any atom is 0.0475 e. The lowest BCUT2D eigenvalue weighted by atomic mass is 9.97. The Kier molecular flexibility index (Phi) is 5.49. The predicted molar refractivity (Wildman–Crippen MR) is 74.6 cm³/mol. The molecule has 0 fully saturated rings. The lowest BCUT2D eigenvalue weighted by Gasteiger charge is -2.20. The van der Waals surface area contributed by atoms with Gasteiger partial charge in [0, 0.05) is 18.8 Å². The van der Waals surface area contributed by atoms with E-state index in [4.69, 9.17) is 0 Å². The molecule has 2 N–H and O–H groups in total. The highest BCUT2D eigenvalue weighted by Crippen LogP contribution is 2.27. The fourth-order valence-corrected chi connectivity index (χ4v) is 2.00. The number of aliphatic hydroxyl groups is 1. The van der Waals surface area contributed by atoms with E-state index in [9.17, 15) is 5.11 Å². The molecule has 96 valence electrons. The Balaban J connectivity index is 2.82. The largest absolute Gasteiger partial charge is 0.396 e. The molecule has 0 aromatic heterocycles. The highest BCUT2D eigenvalue weighted by molar-refractivity contribution is 5.58. The van der Waals surface area contributed by atoms with Crippen LogP contribution < -0.4 is 5.32 Å². The van der Waals surface area contributed by atoms with Crippen LogP contribution >= 0.6 is 0 Å². The second kappa shape index (κ2) is 6.65. The van der Waals surface area contributed by atoms with Gasteiger partial charge in [-0.2, -0.15) is 0 Å². The molecule has 1 unspecified atom stereocenters. The van der Waals surface area contributed by atoms with Crippen LogP contribution in [0.5, 0.6) is 0 Å². The van der Waals surface area contributed by atoms with Crippen molar-refractivity contribution in [1.82, 2.24) is 0 Å². The van der Waals surface area contributed by atoms with E-state index in [1.165, 1.54) is 16.8 Å². The molecule has 2 heteroatoms. The van der Waals surface area contributed by atoms with Crippen LogP contribution in [0.2, 0.25) is 0 Å². The van der Waals surface area contributed by atoms with Crippen molar-refractivity contribution in [3.8, 4) is 0 Å². The molecule has 0 saturated heterocycles. The minimum Gasteiger partial charge on any atom is -0.396 e. The molecule has 0 aliphatic rings. The monoisotopic (exact) mass is 235 g/mol. The molecule has 0 spiro atoms. The zero-order chi connectivity index (χ0) is 12.8. The standard InChI is InChI=1S/C15H25NO/c1-5-13(10-17)9-16-15-12(4)7-6-8-14(15)11(2)3/h6-8,11,13,16-17H,5,9-10H2,1-4H3. The molecule has 0 amide bonds. The van der Waals surface area contributed by atoms with Crippen LogP contribution in [-0.4, -0.2) is 18.3 Å². The average Bonchev–Trinajstić information content (AvgIpc) is 2.31. The third-order valence-corrected chi connectivity index (χ3v) is 3.33. The van der Waals surface area contributed by atoms with Crippen molar-refractivity contribution in [3.05, 3.63) is 29.3 Å². The van der Waals surface area contributed by atoms with Gasteiger partial charge in [0.15, 0.2) is 0 Å². The summed E-state index contributed by atoms with van der Waals surface area (Å²) in [7, 11) is 0. The summed E-state index contributed by atoms with van der Waals surface area (Å²) in [5, 5.41) is 12.7. The molecule has 0 radical (unpaired) electrons. The first-order valence-corrected chi connectivity index (χ1v) is 6.54. The van der Waals surface area contributed by atoms with E-state index in [2.05, 4.69) is 51.2 Å². The fourth-order valence-electron chi connectivity index (χ4n) is 2.00. The van der Waals surface area contributed by atoms with Gasteiger partial charge in [-0.25, -0.2) is 0 Å². The summed E-state index contributed by atoms with van der Waals surface area (Å²) in [6.45, 7) is 9.77. The van der Waals surface area contributed by atoms with Gasteiger partial charge in [-0.05, 0) is 36.3 Å². The van der Waals surface area contributed by atoms with E-state index in [1.54, 1.807) is 0 Å². The van der Waals surface area contributed by atoms with Crippen LogP contribution in [0.15, 0.2) is 18.2 Å². The smallest absolute Gasteiger partial charge is 0.0475 e. The van der Waals surface area contributed by atoms with Gasteiger partial charge in [-0.3, -0.25) is 0 Å². The highest BCUT2D eigenvalue weighted by Gasteiger charge is 2.10. The van der Waals surface area contributed by atoms with Crippen molar-refractivity contribution in [1.29, 1.82) is 0 Å². The first-order valence-electron chi connectivity index (χ1n) is 6.54. The average molecular weight is 235 g/mol. The number of rotatable bonds is 6. The molecule has 2 nitrogen and oxygen atoms in total. The number of aliphatic hydroxyl groups excluding tert-OH is 1. The SMILES string of the molecule is CCC(CO)CNc1c(C)cccc1C(C)C. The molecule has 0 aliphatic heterocycles. The van der Waals surface area contributed by atoms with Crippen LogP contribution in [-0.2, 0) is 0 Å². The van der Waals surface area contributed by atoms with Gasteiger partial charge in [0.25, 0.3) is 0 Å². The molecule has 1 aromatic rings. The van der Waals surface area contributed by atoms with Crippen molar-refractivity contribution in [3.63, 3.8) is 0 Å². The van der Waals surface area contributed by atoms with Crippen LogP contribution in [0.1, 0.15) is 44.2 Å². The highest BCUT2D eigenvalue weighted by atomic mass is 16.3. The van der Waals surface area contributed by atoms with Gasteiger partial charge in [-0.15, -0.1) is 0 Å². The maximum atomic E-state index is 9.21. The summed E-state index contributed by atoms with van der Waals surface area (Å²) >= 11 is 0. The van der Waals surface area contributed by atoms with Gasteiger partial charge < -0.3 is 10.4 Å². The van der Waals surface area contributed by atoms with Crippen molar-refractivity contribution in [2.24, 2.45) is 5.92 Å². The molecule has 1 aromatic carbocycles. The van der Waals surface area contributed by atoms with Crippen molar-refractivity contribution < 1.29 is 5.11 Å². The topological polar surface area (TPSA) is 32.3 Å². The van der Waals surface area contributed by atoms with E-state index in [1.807, 2.05) is 0 Å². The minimum absolute atomic E-state index is 0.256. The Hall–Kier alpha value is -1.02. The zero-order valence-electron chi connectivity index (χ0n) is 11.5. The van der Waals surface area contributed by atoms with E-state index >= 15 is 0 Å². The normalized spacial score (nSPS) is 12.8. The second-order valence-corrected chi connectivity index (χ2v) is 5.03. The Morgan fingerprint density at radius 2 is 2.00 bits per heavy atom. The van der Waals surface area contributed by atoms with Gasteiger partial charge in [0.1, 0.15) is 0 Å². The number of nitrogens with one attached hydrogen (secondary N) is 1. The maximum absolute atomic E-state index is 9.21. The minimum atomic E-state index is 0.256. The first kappa shape index (κ1) is 14.0. The molecule has 0 bridgehead atoms. The van der Waals surface area contributed by atoms with Crippen LogP contribution in [0.25, 0.3) is 0 Å². The van der Waals surface area contributed by atoms with Gasteiger partial charge >= 0.3 is 0 Å². The Morgan fingerprint density at radius 1 is 1.29 bits per heavy atom. The van der Waals surface area contributed by atoms with Gasteiger partial charge in [-0.1, -0.05) is 39.0 Å². The van der Waals surface area contributed by atoms with E-state index in [0.717, 1.165) is 13.0 Å². The molecule has 17 heavy (non-hydrogen) atoms. The predicted octanol–water partition coefficient (Wildman–Crippen LogP) is 3.55. The quantitative estimate of drug-likeness (QED) is 0.790. The molecule has 0 saturated carbocycles. The lowest BCUT2D eigenvalue weighted by Crippen LogP contribution is -2.18. The van der Waals surface area contributed by atoms with E-state index in [-0.39, 0.29) is 6.61 Å². The summed E-state index contributed by atoms with van der Waals surface area (Å²) in [5.74, 6) is 0.862. The first-order chi connectivity index (χ1) is 8.10. The van der Waals surface area contributed by atoms with E-state index < -0.39 is 0 Å². The Bertz CT molecular complexity index is 343. The van der Waals surface area contributed by atoms with Gasteiger partial charge in [0.2, 0.25) is 0 Å². The number of benzene rings is 1. The number of aryl methyl sites for hydroxylation is 1. The summed E-state index contributed by atoms with van der Waals surface area (Å²) in [5.41, 5.74) is 3.89. The van der Waals surface area contributed by atoms with Crippen LogP contribution in [0.4, 0.5) is 5.69 Å². The van der Waals surface area contributed by atoms with Crippen LogP contribution in [0, 0.1) is 12.8 Å². The van der Waals surface area contributed by atoms with Gasteiger partial charge in [0.05, 0.1) is 0 Å². The summed E-state index contributed by atoms with van der Waals surface area (Å²) < 4.78 is 0. The number of hydrogen-bond acceptors (Lipinski definition) is 2. The molecule has 1 atom stereocenters. The summed E-state index contributed by atoms with van der Waals surface area (Å²) in [4.78, 5) is 0. The van der Waals surface area contributed by atoms with Crippen molar-refractivity contribution in [2.75, 3.05) is 18.5 Å². The number of para-hydroxylation sites is 1. The Labute approximate surface area is 105 Å². The van der Waals surface area contributed by atoms with E-state index in [0.29, 0.717) is 11.8 Å². The molecular weight excluding hydrogens is 210 g/mol.